The quantitative estimate of drug-likeness (QED) is 0.551. The van der Waals surface area contributed by atoms with Crippen molar-refractivity contribution in [3.8, 4) is 17.3 Å². The maximum absolute atomic E-state index is 12.5. The molecule has 3 rings (SSSR count). The number of hydrogen-bond donors (Lipinski definition) is 1. The molecular weight excluding hydrogens is 462 g/mol. The van der Waals surface area contributed by atoms with Crippen LogP contribution in [0.4, 0.5) is 0 Å². The van der Waals surface area contributed by atoms with Crippen LogP contribution in [-0.2, 0) is 11.3 Å². The highest BCUT2D eigenvalue weighted by Crippen LogP contribution is 2.22. The lowest BCUT2D eigenvalue weighted by Crippen LogP contribution is -2.36. The number of nitrogens with zero attached hydrogens (tertiary/aromatic N) is 2. The van der Waals surface area contributed by atoms with Crippen molar-refractivity contribution in [2.45, 2.75) is 33.4 Å². The van der Waals surface area contributed by atoms with Gasteiger partial charge in [0.05, 0.1) is 12.8 Å². The van der Waals surface area contributed by atoms with Crippen LogP contribution in [0.2, 0.25) is 0 Å². The maximum Gasteiger partial charge on any atom is 0.271 e. The van der Waals surface area contributed by atoms with E-state index in [2.05, 4.69) is 26.3 Å². The molecule has 0 aliphatic carbocycles. The van der Waals surface area contributed by atoms with Crippen LogP contribution in [0.3, 0.4) is 0 Å². The van der Waals surface area contributed by atoms with Gasteiger partial charge in [-0.1, -0.05) is 22.0 Å². The van der Waals surface area contributed by atoms with Crippen LogP contribution in [0.25, 0.3) is 5.69 Å². The molecular formula is C23H24BrN3O4. The minimum absolute atomic E-state index is 0.181. The molecule has 31 heavy (non-hydrogen) atoms. The highest BCUT2D eigenvalue weighted by Gasteiger charge is 2.17. The Bertz CT molecular complexity index is 1160. The van der Waals surface area contributed by atoms with E-state index in [1.165, 1.54) is 16.8 Å². The summed E-state index contributed by atoms with van der Waals surface area (Å²) in [5, 5.41) is 7.10. The van der Waals surface area contributed by atoms with E-state index in [4.69, 9.17) is 9.47 Å². The summed E-state index contributed by atoms with van der Waals surface area (Å²) in [5.74, 6) is 0.549. The fraction of sp³-hybridized carbons (Fsp3) is 0.261. The van der Waals surface area contributed by atoms with Crippen LogP contribution >= 0.6 is 15.9 Å². The van der Waals surface area contributed by atoms with Crippen molar-refractivity contribution in [2.24, 2.45) is 0 Å². The molecule has 0 bridgehead atoms. The standard InChI is InChI=1S/C23H24BrN3O4/c1-14-5-7-19(11-15(14)2)27-22(28)10-9-21(26-27)31-16(3)23(29)25-13-17-12-18(24)6-8-20(17)30-4/h5-12,16H,13H2,1-4H3,(H,25,29)/t16-/m1/s1. The largest absolute Gasteiger partial charge is 0.496 e. The van der Waals surface area contributed by atoms with Gasteiger partial charge in [0.15, 0.2) is 6.10 Å². The second-order valence-corrected chi connectivity index (χ2v) is 8.04. The Morgan fingerprint density at radius 1 is 1.13 bits per heavy atom. The van der Waals surface area contributed by atoms with E-state index >= 15 is 0 Å². The zero-order valence-corrected chi connectivity index (χ0v) is 19.4. The fourth-order valence-electron chi connectivity index (χ4n) is 2.95. The molecule has 162 valence electrons. The van der Waals surface area contributed by atoms with Crippen LogP contribution in [0, 0.1) is 13.8 Å². The molecule has 0 aliphatic heterocycles. The van der Waals surface area contributed by atoms with Gasteiger partial charge in [-0.15, -0.1) is 5.10 Å². The number of carbonyl (C=O) groups excluding carboxylic acids is 1. The van der Waals surface area contributed by atoms with Gasteiger partial charge >= 0.3 is 0 Å². The van der Waals surface area contributed by atoms with E-state index in [1.807, 2.05) is 50.2 Å². The van der Waals surface area contributed by atoms with Gasteiger partial charge in [0.2, 0.25) is 5.88 Å². The number of nitrogens with one attached hydrogen (secondary N) is 1. The van der Waals surface area contributed by atoms with Gasteiger partial charge in [0.25, 0.3) is 11.5 Å². The van der Waals surface area contributed by atoms with E-state index in [-0.39, 0.29) is 23.9 Å². The lowest BCUT2D eigenvalue weighted by molar-refractivity contribution is -0.127. The molecule has 0 aliphatic rings. The van der Waals surface area contributed by atoms with Gasteiger partial charge in [-0.05, 0) is 62.2 Å². The Labute approximate surface area is 189 Å². The van der Waals surface area contributed by atoms with E-state index in [9.17, 15) is 9.59 Å². The van der Waals surface area contributed by atoms with Gasteiger partial charge in [0, 0.05) is 28.7 Å². The molecule has 0 spiro atoms. The van der Waals surface area contributed by atoms with Gasteiger partial charge in [0.1, 0.15) is 5.75 Å². The summed E-state index contributed by atoms with van der Waals surface area (Å²) in [6.45, 7) is 5.88. The second-order valence-electron chi connectivity index (χ2n) is 7.12. The smallest absolute Gasteiger partial charge is 0.271 e. The third-order valence-corrected chi connectivity index (χ3v) is 5.37. The van der Waals surface area contributed by atoms with Crippen molar-refractivity contribution in [2.75, 3.05) is 7.11 Å². The second kappa shape index (κ2) is 9.78. The summed E-state index contributed by atoms with van der Waals surface area (Å²) in [6, 6.07) is 14.0. The summed E-state index contributed by atoms with van der Waals surface area (Å²) >= 11 is 3.42. The van der Waals surface area contributed by atoms with Crippen molar-refractivity contribution < 1.29 is 14.3 Å². The fourth-order valence-corrected chi connectivity index (χ4v) is 3.35. The van der Waals surface area contributed by atoms with Gasteiger partial charge in [-0.25, -0.2) is 0 Å². The molecule has 0 fully saturated rings. The molecule has 3 aromatic rings. The minimum Gasteiger partial charge on any atom is -0.496 e. The molecule has 0 saturated heterocycles. The summed E-state index contributed by atoms with van der Waals surface area (Å²) in [4.78, 5) is 24.8. The highest BCUT2D eigenvalue weighted by molar-refractivity contribution is 9.10. The topological polar surface area (TPSA) is 82.5 Å². The summed E-state index contributed by atoms with van der Waals surface area (Å²) in [6.07, 6.45) is -0.809. The number of hydrogen-bond acceptors (Lipinski definition) is 5. The van der Waals surface area contributed by atoms with E-state index < -0.39 is 6.10 Å². The third-order valence-electron chi connectivity index (χ3n) is 4.87. The molecule has 7 nitrogen and oxygen atoms in total. The van der Waals surface area contributed by atoms with Gasteiger partial charge in [-0.3, -0.25) is 9.59 Å². The van der Waals surface area contributed by atoms with Crippen LogP contribution in [0.15, 0.2) is 57.8 Å². The summed E-state index contributed by atoms with van der Waals surface area (Å²) < 4.78 is 13.2. The average Bonchev–Trinajstić information content (AvgIpc) is 2.75. The first-order chi connectivity index (χ1) is 14.8. The van der Waals surface area contributed by atoms with Crippen molar-refractivity contribution in [3.63, 3.8) is 0 Å². The molecule has 0 unspecified atom stereocenters. The average molecular weight is 486 g/mol. The zero-order chi connectivity index (χ0) is 22.5. The zero-order valence-electron chi connectivity index (χ0n) is 17.8. The number of halogens is 1. The number of rotatable bonds is 7. The Balaban J connectivity index is 1.71. The van der Waals surface area contributed by atoms with Crippen LogP contribution in [0.5, 0.6) is 11.6 Å². The number of ether oxygens (including phenoxy) is 2. The number of methoxy groups -OCH3 is 1. The molecule has 2 aromatic carbocycles. The minimum atomic E-state index is -0.809. The first-order valence-electron chi connectivity index (χ1n) is 9.73. The predicted octanol–water partition coefficient (Wildman–Crippen LogP) is 3.70. The predicted molar refractivity (Wildman–Crippen MR) is 122 cm³/mol. The van der Waals surface area contributed by atoms with Crippen molar-refractivity contribution in [1.29, 1.82) is 0 Å². The number of aromatic nitrogens is 2. The summed E-state index contributed by atoms with van der Waals surface area (Å²) in [5.41, 5.74) is 3.36. The molecule has 1 atom stereocenters. The van der Waals surface area contributed by atoms with Crippen molar-refractivity contribution >= 4 is 21.8 Å². The first-order valence-corrected chi connectivity index (χ1v) is 10.5. The Morgan fingerprint density at radius 3 is 2.61 bits per heavy atom. The van der Waals surface area contributed by atoms with Crippen LogP contribution < -0.4 is 20.3 Å². The van der Waals surface area contributed by atoms with E-state index in [0.29, 0.717) is 11.4 Å². The number of benzene rings is 2. The SMILES string of the molecule is COc1ccc(Br)cc1CNC(=O)[C@@H](C)Oc1ccc(=O)n(-c2ccc(C)c(C)c2)n1. The Hall–Kier alpha value is -3.13. The van der Waals surface area contributed by atoms with Crippen LogP contribution in [-0.4, -0.2) is 28.9 Å². The van der Waals surface area contributed by atoms with E-state index in [1.54, 1.807) is 14.0 Å². The summed E-state index contributed by atoms with van der Waals surface area (Å²) in [7, 11) is 1.58. The van der Waals surface area contributed by atoms with Crippen molar-refractivity contribution in [3.05, 3.63) is 80.0 Å². The number of amides is 1. The maximum atomic E-state index is 12.5. The number of aryl methyl sites for hydroxylation is 2. The molecule has 0 saturated carbocycles. The molecule has 0 radical (unpaired) electrons. The van der Waals surface area contributed by atoms with Crippen LogP contribution in [0.1, 0.15) is 23.6 Å². The van der Waals surface area contributed by atoms with Gasteiger partial charge in [-0.2, -0.15) is 4.68 Å². The highest BCUT2D eigenvalue weighted by atomic mass is 79.9. The van der Waals surface area contributed by atoms with Crippen molar-refractivity contribution in [1.82, 2.24) is 15.1 Å². The molecule has 1 N–H and O–H groups in total. The first kappa shape index (κ1) is 22.6. The van der Waals surface area contributed by atoms with E-state index in [0.717, 1.165) is 21.2 Å². The number of carbonyl (C=O) groups is 1. The normalized spacial score (nSPS) is 11.6. The van der Waals surface area contributed by atoms with Gasteiger partial charge < -0.3 is 14.8 Å². The Morgan fingerprint density at radius 2 is 1.90 bits per heavy atom. The Kier molecular flexibility index (Phi) is 7.12. The molecule has 1 amide bonds. The molecule has 1 heterocycles. The third kappa shape index (κ3) is 5.52. The molecule has 8 heteroatoms. The lowest BCUT2D eigenvalue weighted by atomic mass is 10.1. The monoisotopic (exact) mass is 485 g/mol. The molecule has 1 aromatic heterocycles. The lowest BCUT2D eigenvalue weighted by Gasteiger charge is -2.16.